The van der Waals surface area contributed by atoms with Gasteiger partial charge in [-0.2, -0.15) is 5.26 Å². The Balaban J connectivity index is 0.000000771. The summed E-state index contributed by atoms with van der Waals surface area (Å²) in [5, 5.41) is 9.39. The smallest absolute Gasteiger partial charge is 0.166 e. The summed E-state index contributed by atoms with van der Waals surface area (Å²) in [5.74, 6) is -0.425. The molecule has 0 atom stereocenters. The highest BCUT2D eigenvalue weighted by molar-refractivity contribution is 8.69. The van der Waals surface area contributed by atoms with Crippen molar-refractivity contribution >= 4 is 33.8 Å². The summed E-state index contributed by atoms with van der Waals surface area (Å²) in [6.07, 6.45) is 10.6. The van der Waals surface area contributed by atoms with Gasteiger partial charge in [-0.25, -0.2) is 9.37 Å². The van der Waals surface area contributed by atoms with Crippen molar-refractivity contribution in [2.75, 3.05) is 0 Å². The van der Waals surface area contributed by atoms with Gasteiger partial charge >= 0.3 is 0 Å². The van der Waals surface area contributed by atoms with Crippen molar-refractivity contribution in [3.05, 3.63) is 30.0 Å². The van der Waals surface area contributed by atoms with E-state index in [1.54, 1.807) is 0 Å². The van der Waals surface area contributed by atoms with Crippen LogP contribution in [0, 0.1) is 30.0 Å². The lowest BCUT2D eigenvalue weighted by Crippen LogP contribution is -1.82. The molecule has 0 saturated heterocycles. The molecule has 0 N–H and O–H groups in total. The minimum Gasteiger partial charge on any atom is -0.261 e. The van der Waals surface area contributed by atoms with E-state index >= 15 is 0 Å². The second-order valence-corrected chi connectivity index (χ2v) is 5.15. The van der Waals surface area contributed by atoms with Crippen LogP contribution in [0.25, 0.3) is 10.6 Å². The summed E-state index contributed by atoms with van der Waals surface area (Å²) in [4.78, 5) is 7.83. The summed E-state index contributed by atoms with van der Waals surface area (Å²) in [5.41, 5.74) is 0.874. The molecule has 18 heavy (non-hydrogen) atoms. The molecule has 0 unspecified atom stereocenters. The zero-order chi connectivity index (χ0) is 13.5. The van der Waals surface area contributed by atoms with Crippen molar-refractivity contribution in [2.45, 2.75) is 4.21 Å². The van der Waals surface area contributed by atoms with Crippen molar-refractivity contribution in [1.29, 1.82) is 5.26 Å². The van der Waals surface area contributed by atoms with E-state index < -0.39 is 5.82 Å². The maximum absolute atomic E-state index is 13.0. The highest BCUT2D eigenvalue weighted by Crippen LogP contribution is 2.35. The first kappa shape index (κ1) is 14.5. The number of hydrogen-bond donors (Lipinski definition) is 1. The molecule has 0 radical (unpaired) electrons. The summed E-state index contributed by atoms with van der Waals surface area (Å²) in [6, 6.07) is 3.30. The van der Waals surface area contributed by atoms with Gasteiger partial charge in [0.15, 0.2) is 5.69 Å². The maximum Gasteiger partial charge on any atom is 0.166 e. The molecule has 0 bridgehead atoms. The number of nitrogens with zero attached hydrogens (tertiary/aromatic N) is 3. The van der Waals surface area contributed by atoms with Gasteiger partial charge < -0.3 is 0 Å². The van der Waals surface area contributed by atoms with Crippen LogP contribution in [-0.4, -0.2) is 9.97 Å². The van der Waals surface area contributed by atoms with Crippen molar-refractivity contribution in [1.82, 2.24) is 9.97 Å². The van der Waals surface area contributed by atoms with Gasteiger partial charge in [0.25, 0.3) is 0 Å². The summed E-state index contributed by atoms with van der Waals surface area (Å²) >= 11 is 5.32. The first-order valence-corrected chi connectivity index (χ1v) is 7.09. The molecule has 90 valence electrons. The van der Waals surface area contributed by atoms with Gasteiger partial charge in [0, 0.05) is 11.8 Å². The summed E-state index contributed by atoms with van der Waals surface area (Å²) in [6.45, 7) is 0. The van der Waals surface area contributed by atoms with Crippen LogP contribution >= 0.6 is 33.8 Å². The van der Waals surface area contributed by atoms with Gasteiger partial charge in [0.2, 0.25) is 0 Å². The molecule has 0 saturated carbocycles. The molecule has 2 aromatic heterocycles. The van der Waals surface area contributed by atoms with Crippen LogP contribution in [0.4, 0.5) is 4.39 Å². The van der Waals surface area contributed by atoms with Crippen LogP contribution in [0.3, 0.4) is 0 Å². The van der Waals surface area contributed by atoms with E-state index in [0.29, 0.717) is 20.5 Å². The van der Waals surface area contributed by atoms with Gasteiger partial charge in [-0.3, -0.25) is 4.98 Å². The second kappa shape index (κ2) is 7.02. The van der Waals surface area contributed by atoms with Gasteiger partial charge in [0.1, 0.15) is 21.1 Å². The Morgan fingerprint density at radius 1 is 1.44 bits per heavy atom. The Kier molecular flexibility index (Phi) is 5.66. The van der Waals surface area contributed by atoms with Crippen LogP contribution in [0.5, 0.6) is 0 Å². The number of terminal acetylenes is 1. The van der Waals surface area contributed by atoms with E-state index in [9.17, 15) is 4.39 Å². The zero-order valence-electron chi connectivity index (χ0n) is 8.87. The summed E-state index contributed by atoms with van der Waals surface area (Å²) in [7, 11) is 1.15. The third kappa shape index (κ3) is 3.23. The highest BCUT2D eigenvalue weighted by Gasteiger charge is 2.12. The molecule has 2 rings (SSSR count). The number of hydrogen-bond acceptors (Lipinski definition) is 6. The molecule has 0 amide bonds. The largest absolute Gasteiger partial charge is 0.261 e. The molecule has 2 aromatic rings. The number of nitriles is 1. The Labute approximate surface area is 117 Å². The maximum atomic E-state index is 13.0. The normalized spacial score (nSPS) is 9.06. The predicted octanol–water partition coefficient (Wildman–Crippen LogP) is 3.40. The highest BCUT2D eigenvalue weighted by atomic mass is 33.1. The van der Waals surface area contributed by atoms with Gasteiger partial charge in [0.05, 0.1) is 6.20 Å². The molecule has 0 spiro atoms. The van der Waals surface area contributed by atoms with E-state index in [-0.39, 0.29) is 0 Å². The molecule has 0 fully saturated rings. The minimum absolute atomic E-state index is 0.310. The van der Waals surface area contributed by atoms with Crippen LogP contribution in [0.1, 0.15) is 5.69 Å². The van der Waals surface area contributed by atoms with E-state index in [1.807, 2.05) is 6.07 Å². The fraction of sp³-hybridized carbons (Fsp3) is 0. The predicted molar refractivity (Wildman–Crippen MR) is 74.8 cm³/mol. The average molecular weight is 295 g/mol. The minimum atomic E-state index is -0.425. The van der Waals surface area contributed by atoms with Crippen molar-refractivity contribution in [3.8, 4) is 29.5 Å². The lowest BCUT2D eigenvalue weighted by atomic mass is 10.3. The van der Waals surface area contributed by atoms with Crippen LogP contribution in [0.2, 0.25) is 0 Å². The zero-order valence-corrected chi connectivity index (χ0v) is 11.4. The number of aromatic nitrogens is 2. The van der Waals surface area contributed by atoms with Gasteiger partial charge in [-0.15, -0.1) is 35.8 Å². The Bertz CT molecular complexity index is 601. The monoisotopic (exact) mass is 295 g/mol. The number of pyridine rings is 1. The molecule has 7 heteroatoms. The first-order valence-electron chi connectivity index (χ1n) is 4.41. The molecular formula is C11H6FN3S3. The summed E-state index contributed by atoms with van der Waals surface area (Å²) < 4.78 is 13.7. The Morgan fingerprint density at radius 3 is 2.67 bits per heavy atom. The van der Waals surface area contributed by atoms with Crippen LogP contribution in [-0.2, 0) is 0 Å². The molecule has 0 aliphatic carbocycles. The van der Waals surface area contributed by atoms with Gasteiger partial charge in [-0.1, -0.05) is 0 Å². The Morgan fingerprint density at radius 2 is 2.17 bits per heavy atom. The van der Waals surface area contributed by atoms with Crippen LogP contribution < -0.4 is 0 Å². The fourth-order valence-electron chi connectivity index (χ4n) is 1.09. The van der Waals surface area contributed by atoms with Crippen molar-refractivity contribution in [3.63, 3.8) is 0 Å². The van der Waals surface area contributed by atoms with Crippen molar-refractivity contribution in [2.24, 2.45) is 0 Å². The molecule has 0 aliphatic rings. The van der Waals surface area contributed by atoms with E-state index in [0.717, 1.165) is 17.0 Å². The number of thiol groups is 1. The lowest BCUT2D eigenvalue weighted by Gasteiger charge is -1.93. The third-order valence-electron chi connectivity index (χ3n) is 1.74. The third-order valence-corrected chi connectivity index (χ3v) is 4.41. The topological polar surface area (TPSA) is 49.6 Å². The fourth-order valence-corrected chi connectivity index (χ4v) is 2.98. The number of rotatable bonds is 2. The van der Waals surface area contributed by atoms with Crippen molar-refractivity contribution < 1.29 is 4.39 Å². The quantitative estimate of drug-likeness (QED) is 0.524. The second-order valence-electron chi connectivity index (χ2n) is 2.75. The Hall–Kier alpha value is -1.54. The van der Waals surface area contributed by atoms with E-state index in [4.69, 9.17) is 5.26 Å². The van der Waals surface area contributed by atoms with E-state index in [2.05, 4.69) is 34.5 Å². The SMILES string of the molecule is C#C.N#Cc1nc(-c2cncc(F)c2)sc1SS. The molecular weight excluding hydrogens is 289 g/mol. The van der Waals surface area contributed by atoms with E-state index in [1.165, 1.54) is 23.6 Å². The lowest BCUT2D eigenvalue weighted by molar-refractivity contribution is 0.622. The van der Waals surface area contributed by atoms with Gasteiger partial charge in [-0.05, 0) is 16.9 Å². The number of thiazole rings is 1. The molecule has 0 aromatic carbocycles. The molecule has 2 heterocycles. The number of halogens is 1. The van der Waals surface area contributed by atoms with Crippen LogP contribution in [0.15, 0.2) is 22.7 Å². The average Bonchev–Trinajstić information content (AvgIpc) is 2.84. The molecule has 0 aliphatic heterocycles. The standard InChI is InChI=1S/C9H4FN3S3.C2H2/c10-6-1-5(3-12-4-6)8-13-7(2-11)9(15-8)16-14;1-2/h1,3-4,14H;1-2H. The first-order chi connectivity index (χ1) is 8.74. The molecule has 3 nitrogen and oxygen atoms in total.